The number of pyridine rings is 2. The summed E-state index contributed by atoms with van der Waals surface area (Å²) in [4.78, 5) is 22.6. The predicted octanol–water partition coefficient (Wildman–Crippen LogP) is 1.60. The van der Waals surface area contributed by atoms with Crippen LogP contribution in [0.1, 0.15) is 28.7 Å². The molecule has 0 saturated carbocycles. The zero-order valence-electron chi connectivity index (χ0n) is 11.5. The fourth-order valence-electron chi connectivity index (χ4n) is 1.92. The molecule has 5 nitrogen and oxygen atoms in total. The van der Waals surface area contributed by atoms with Crippen LogP contribution in [0.15, 0.2) is 42.7 Å². The number of nitrogens with zero attached hydrogens (tertiary/aromatic N) is 3. The molecule has 0 bridgehead atoms. The number of aromatic nitrogens is 2. The SMILES string of the molecule is CCN(Cc1ccccn1)C(=O)c1ccnc(CN)c1. The van der Waals surface area contributed by atoms with Crippen molar-refractivity contribution in [2.75, 3.05) is 6.54 Å². The lowest BCUT2D eigenvalue weighted by Gasteiger charge is -2.20. The molecule has 2 heterocycles. The molecule has 2 rings (SSSR count). The Kier molecular flexibility index (Phi) is 4.79. The van der Waals surface area contributed by atoms with Gasteiger partial charge in [-0.05, 0) is 31.2 Å². The third-order valence-electron chi connectivity index (χ3n) is 3.02. The van der Waals surface area contributed by atoms with Crippen LogP contribution in [0.2, 0.25) is 0 Å². The summed E-state index contributed by atoms with van der Waals surface area (Å²) in [5.74, 6) is -0.0322. The highest BCUT2D eigenvalue weighted by molar-refractivity contribution is 5.94. The molecule has 0 aliphatic carbocycles. The Balaban J connectivity index is 2.16. The van der Waals surface area contributed by atoms with Crippen LogP contribution in [0, 0.1) is 0 Å². The van der Waals surface area contributed by atoms with Gasteiger partial charge in [-0.25, -0.2) is 0 Å². The molecule has 0 spiro atoms. The van der Waals surface area contributed by atoms with Crippen molar-refractivity contribution >= 4 is 5.91 Å². The maximum atomic E-state index is 12.5. The highest BCUT2D eigenvalue weighted by atomic mass is 16.2. The van der Waals surface area contributed by atoms with Gasteiger partial charge in [0, 0.05) is 31.0 Å². The largest absolute Gasteiger partial charge is 0.333 e. The zero-order valence-corrected chi connectivity index (χ0v) is 11.5. The molecular formula is C15H18N4O. The van der Waals surface area contributed by atoms with Crippen molar-refractivity contribution in [3.05, 3.63) is 59.7 Å². The highest BCUT2D eigenvalue weighted by Gasteiger charge is 2.15. The minimum absolute atomic E-state index is 0.0322. The average Bonchev–Trinajstić information content (AvgIpc) is 2.53. The van der Waals surface area contributed by atoms with Crippen molar-refractivity contribution in [3.63, 3.8) is 0 Å². The molecule has 0 saturated heterocycles. The van der Waals surface area contributed by atoms with E-state index in [0.29, 0.717) is 30.9 Å². The normalized spacial score (nSPS) is 10.3. The van der Waals surface area contributed by atoms with Crippen LogP contribution in [0.25, 0.3) is 0 Å². The van der Waals surface area contributed by atoms with E-state index in [1.54, 1.807) is 29.4 Å². The van der Waals surface area contributed by atoms with E-state index in [1.807, 2.05) is 25.1 Å². The minimum atomic E-state index is -0.0322. The van der Waals surface area contributed by atoms with Gasteiger partial charge < -0.3 is 10.6 Å². The third kappa shape index (κ3) is 3.39. The van der Waals surface area contributed by atoms with Crippen molar-refractivity contribution in [2.45, 2.75) is 20.0 Å². The lowest BCUT2D eigenvalue weighted by molar-refractivity contribution is 0.0750. The van der Waals surface area contributed by atoms with E-state index in [0.717, 1.165) is 5.69 Å². The maximum absolute atomic E-state index is 12.5. The molecule has 0 radical (unpaired) electrons. The zero-order chi connectivity index (χ0) is 14.4. The van der Waals surface area contributed by atoms with Crippen molar-refractivity contribution in [1.29, 1.82) is 0 Å². The van der Waals surface area contributed by atoms with Gasteiger partial charge in [-0.1, -0.05) is 6.07 Å². The molecular weight excluding hydrogens is 252 g/mol. The summed E-state index contributed by atoms with van der Waals surface area (Å²) >= 11 is 0. The Labute approximate surface area is 118 Å². The standard InChI is InChI=1S/C15H18N4O/c1-2-19(11-13-5-3-4-7-17-13)15(20)12-6-8-18-14(9-12)10-16/h3-9H,2,10-11,16H2,1H3. The van der Waals surface area contributed by atoms with Gasteiger partial charge in [0.25, 0.3) is 5.91 Å². The van der Waals surface area contributed by atoms with Crippen LogP contribution < -0.4 is 5.73 Å². The molecule has 0 aliphatic rings. The Hall–Kier alpha value is -2.27. The van der Waals surface area contributed by atoms with Crippen molar-refractivity contribution in [3.8, 4) is 0 Å². The van der Waals surface area contributed by atoms with Gasteiger partial charge >= 0.3 is 0 Å². The molecule has 0 aromatic carbocycles. The Morgan fingerprint density at radius 3 is 2.65 bits per heavy atom. The molecule has 0 unspecified atom stereocenters. The van der Waals surface area contributed by atoms with Gasteiger partial charge in [0.15, 0.2) is 0 Å². The smallest absolute Gasteiger partial charge is 0.254 e. The monoisotopic (exact) mass is 270 g/mol. The number of rotatable bonds is 5. The van der Waals surface area contributed by atoms with Crippen LogP contribution in [-0.2, 0) is 13.1 Å². The number of amides is 1. The van der Waals surface area contributed by atoms with Gasteiger partial charge in [-0.3, -0.25) is 14.8 Å². The van der Waals surface area contributed by atoms with E-state index in [-0.39, 0.29) is 5.91 Å². The number of hydrogen-bond donors (Lipinski definition) is 1. The van der Waals surface area contributed by atoms with E-state index >= 15 is 0 Å². The highest BCUT2D eigenvalue weighted by Crippen LogP contribution is 2.09. The maximum Gasteiger partial charge on any atom is 0.254 e. The second-order valence-corrected chi connectivity index (χ2v) is 4.38. The van der Waals surface area contributed by atoms with E-state index in [9.17, 15) is 4.79 Å². The summed E-state index contributed by atoms with van der Waals surface area (Å²) in [7, 11) is 0. The molecule has 2 aromatic heterocycles. The summed E-state index contributed by atoms with van der Waals surface area (Å²) in [6.07, 6.45) is 3.34. The summed E-state index contributed by atoms with van der Waals surface area (Å²) in [5, 5.41) is 0. The van der Waals surface area contributed by atoms with Crippen molar-refractivity contribution in [2.24, 2.45) is 5.73 Å². The van der Waals surface area contributed by atoms with Crippen molar-refractivity contribution in [1.82, 2.24) is 14.9 Å². The second-order valence-electron chi connectivity index (χ2n) is 4.38. The average molecular weight is 270 g/mol. The summed E-state index contributed by atoms with van der Waals surface area (Å²) in [5.41, 5.74) is 7.75. The van der Waals surface area contributed by atoms with Crippen LogP contribution in [0.4, 0.5) is 0 Å². The van der Waals surface area contributed by atoms with Crippen molar-refractivity contribution < 1.29 is 4.79 Å². The number of carbonyl (C=O) groups is 1. The first-order valence-corrected chi connectivity index (χ1v) is 6.58. The lowest BCUT2D eigenvalue weighted by Crippen LogP contribution is -2.30. The Morgan fingerprint density at radius 2 is 2.00 bits per heavy atom. The predicted molar refractivity (Wildman–Crippen MR) is 76.8 cm³/mol. The van der Waals surface area contributed by atoms with Gasteiger partial charge in [0.1, 0.15) is 0 Å². The number of carbonyl (C=O) groups excluding carboxylic acids is 1. The summed E-state index contributed by atoms with van der Waals surface area (Å²) < 4.78 is 0. The Morgan fingerprint density at radius 1 is 1.20 bits per heavy atom. The van der Waals surface area contributed by atoms with Crippen LogP contribution in [0.5, 0.6) is 0 Å². The molecule has 104 valence electrons. The molecule has 0 atom stereocenters. The lowest BCUT2D eigenvalue weighted by atomic mass is 10.2. The first-order valence-electron chi connectivity index (χ1n) is 6.58. The van der Waals surface area contributed by atoms with Gasteiger partial charge in [0.2, 0.25) is 0 Å². The first-order chi connectivity index (χ1) is 9.74. The minimum Gasteiger partial charge on any atom is -0.333 e. The topological polar surface area (TPSA) is 72.1 Å². The fraction of sp³-hybridized carbons (Fsp3) is 0.267. The Bertz CT molecular complexity index is 571. The number of hydrogen-bond acceptors (Lipinski definition) is 4. The molecule has 2 aromatic rings. The molecule has 1 amide bonds. The van der Waals surface area contributed by atoms with Gasteiger partial charge in [-0.15, -0.1) is 0 Å². The second kappa shape index (κ2) is 6.77. The molecule has 5 heteroatoms. The van der Waals surface area contributed by atoms with Crippen LogP contribution in [0.3, 0.4) is 0 Å². The molecule has 0 fully saturated rings. The van der Waals surface area contributed by atoms with E-state index in [1.165, 1.54) is 0 Å². The summed E-state index contributed by atoms with van der Waals surface area (Å²) in [6.45, 7) is 3.39. The van der Waals surface area contributed by atoms with Crippen LogP contribution >= 0.6 is 0 Å². The first kappa shape index (κ1) is 14.1. The van der Waals surface area contributed by atoms with E-state index in [2.05, 4.69) is 9.97 Å². The third-order valence-corrected chi connectivity index (χ3v) is 3.02. The quantitative estimate of drug-likeness (QED) is 0.895. The van der Waals surface area contributed by atoms with Gasteiger partial charge in [-0.2, -0.15) is 0 Å². The molecule has 2 N–H and O–H groups in total. The summed E-state index contributed by atoms with van der Waals surface area (Å²) in [6, 6.07) is 9.14. The van der Waals surface area contributed by atoms with E-state index < -0.39 is 0 Å². The van der Waals surface area contributed by atoms with Gasteiger partial charge in [0.05, 0.1) is 17.9 Å². The fourth-order valence-corrected chi connectivity index (χ4v) is 1.92. The van der Waals surface area contributed by atoms with E-state index in [4.69, 9.17) is 5.73 Å². The molecule has 0 aliphatic heterocycles. The van der Waals surface area contributed by atoms with Crippen LogP contribution in [-0.4, -0.2) is 27.3 Å². The number of nitrogens with two attached hydrogens (primary N) is 1. The molecule has 20 heavy (non-hydrogen) atoms.